The summed E-state index contributed by atoms with van der Waals surface area (Å²) in [6.45, 7) is -0.233. The van der Waals surface area contributed by atoms with Gasteiger partial charge in [0.05, 0.1) is 18.5 Å². The van der Waals surface area contributed by atoms with Crippen LogP contribution in [-0.2, 0) is 19.2 Å². The maximum atomic E-state index is 13.5. The molecule has 3 unspecified atom stereocenters. The maximum absolute atomic E-state index is 13.5. The first-order valence-electron chi connectivity index (χ1n) is 10.9. The summed E-state index contributed by atoms with van der Waals surface area (Å²) < 4.78 is 90.0. The molecule has 0 saturated carbocycles. The highest BCUT2D eigenvalue weighted by Crippen LogP contribution is 2.46. The number of carbonyl (C=O) groups excluding carboxylic acids is 4. The fourth-order valence-electron chi connectivity index (χ4n) is 3.56. The molecule has 1 aromatic rings. The molecule has 0 radical (unpaired) electrons. The molecule has 16 heteroatoms. The van der Waals surface area contributed by atoms with Gasteiger partial charge in [-0.25, -0.2) is 0 Å². The summed E-state index contributed by atoms with van der Waals surface area (Å²) in [5, 5.41) is 13.1. The molecular weight excluding hydrogens is 531 g/mol. The van der Waals surface area contributed by atoms with Crippen molar-refractivity contribution in [1.82, 2.24) is 15.1 Å². The first-order chi connectivity index (χ1) is 17.4. The molecule has 0 spiro atoms. The molecule has 0 aliphatic carbocycles. The SMILES string of the molecule is CC(NC(=O)C(F)(F)C(F)(F)C(F)(F)F)C(=O)N(C)CC(=O)N1CC(C(=O)Nc2ccccc2)CC1C#N. The Bertz CT molecular complexity index is 1110. The van der Waals surface area contributed by atoms with Crippen LogP contribution in [0.3, 0.4) is 0 Å². The molecule has 1 fully saturated rings. The lowest BCUT2D eigenvalue weighted by Crippen LogP contribution is -2.61. The van der Waals surface area contributed by atoms with Crippen LogP contribution in [0.25, 0.3) is 0 Å². The van der Waals surface area contributed by atoms with Crippen molar-refractivity contribution in [2.24, 2.45) is 5.92 Å². The van der Waals surface area contributed by atoms with Crippen LogP contribution >= 0.6 is 0 Å². The van der Waals surface area contributed by atoms with Gasteiger partial charge in [-0.2, -0.15) is 36.0 Å². The van der Waals surface area contributed by atoms with E-state index in [1.807, 2.05) is 6.07 Å². The number of nitrogens with zero attached hydrogens (tertiary/aromatic N) is 3. The van der Waals surface area contributed by atoms with Crippen molar-refractivity contribution in [3.8, 4) is 6.07 Å². The number of benzene rings is 1. The van der Waals surface area contributed by atoms with E-state index in [1.54, 1.807) is 30.3 Å². The molecule has 2 N–H and O–H groups in total. The minimum absolute atomic E-state index is 0.0203. The summed E-state index contributed by atoms with van der Waals surface area (Å²) in [6, 6.07) is 7.12. The third kappa shape index (κ3) is 6.32. The van der Waals surface area contributed by atoms with E-state index in [0.717, 1.165) is 24.2 Å². The summed E-state index contributed by atoms with van der Waals surface area (Å²) in [5.41, 5.74) is 0.482. The third-order valence-electron chi connectivity index (χ3n) is 5.68. The Hall–Kier alpha value is -3.90. The smallest absolute Gasteiger partial charge is 0.339 e. The number of halogens is 7. The lowest BCUT2D eigenvalue weighted by molar-refractivity contribution is -0.344. The molecule has 2 rings (SSSR count). The molecule has 208 valence electrons. The fourth-order valence-corrected chi connectivity index (χ4v) is 3.56. The van der Waals surface area contributed by atoms with Gasteiger partial charge in [0, 0.05) is 19.3 Å². The van der Waals surface area contributed by atoms with Gasteiger partial charge in [0.1, 0.15) is 12.1 Å². The second-order valence-corrected chi connectivity index (χ2v) is 8.51. The highest BCUT2D eigenvalue weighted by Gasteiger charge is 2.76. The van der Waals surface area contributed by atoms with Crippen LogP contribution < -0.4 is 10.6 Å². The number of nitrogens with one attached hydrogen (secondary N) is 2. The van der Waals surface area contributed by atoms with Gasteiger partial charge >= 0.3 is 18.0 Å². The van der Waals surface area contributed by atoms with Crippen molar-refractivity contribution >= 4 is 29.3 Å². The van der Waals surface area contributed by atoms with E-state index in [9.17, 15) is 55.2 Å². The van der Waals surface area contributed by atoms with Gasteiger partial charge in [-0.05, 0) is 25.5 Å². The van der Waals surface area contributed by atoms with Crippen LogP contribution in [-0.4, -0.2) is 83.7 Å². The van der Waals surface area contributed by atoms with Crippen molar-refractivity contribution in [3.63, 3.8) is 0 Å². The minimum Gasteiger partial charge on any atom is -0.339 e. The fraction of sp³-hybridized carbons (Fsp3) is 0.500. The zero-order valence-corrected chi connectivity index (χ0v) is 19.9. The van der Waals surface area contributed by atoms with Gasteiger partial charge in [0.25, 0.3) is 5.91 Å². The van der Waals surface area contributed by atoms with Gasteiger partial charge in [-0.15, -0.1) is 0 Å². The second kappa shape index (κ2) is 11.2. The molecule has 9 nitrogen and oxygen atoms in total. The minimum atomic E-state index is -6.74. The number of para-hydroxylation sites is 1. The molecule has 0 aromatic heterocycles. The van der Waals surface area contributed by atoms with Gasteiger partial charge in [0.15, 0.2) is 0 Å². The van der Waals surface area contributed by atoms with Crippen LogP contribution in [0.15, 0.2) is 30.3 Å². The third-order valence-corrected chi connectivity index (χ3v) is 5.68. The number of rotatable bonds is 8. The molecular formula is C22H22F7N5O4. The maximum Gasteiger partial charge on any atom is 0.460 e. The summed E-state index contributed by atoms with van der Waals surface area (Å²) >= 11 is 0. The standard InChI is InChI=1S/C22H22F7N5O4/c1-12(31-19(38)20(23,24)21(25,26)22(27,28)29)18(37)33(2)11-16(35)34-10-13(8-15(34)9-30)17(36)32-14-6-4-3-5-7-14/h3-7,12-13,15H,8,10-11H2,1-2H3,(H,31,38)(H,32,36). The lowest BCUT2D eigenvalue weighted by atomic mass is 10.1. The van der Waals surface area contributed by atoms with Crippen molar-refractivity contribution in [2.75, 3.05) is 25.5 Å². The number of nitriles is 1. The van der Waals surface area contributed by atoms with E-state index in [1.165, 1.54) is 0 Å². The number of likely N-dealkylation sites (tertiary alicyclic amines) is 1. The molecule has 1 aliphatic rings. The van der Waals surface area contributed by atoms with Crippen LogP contribution in [0.1, 0.15) is 13.3 Å². The Balaban J connectivity index is 2.00. The number of anilines is 1. The zero-order chi connectivity index (χ0) is 29.1. The number of likely N-dealkylation sites (N-methyl/N-ethyl adjacent to an activating group) is 1. The number of alkyl halides is 7. The number of carbonyl (C=O) groups is 4. The Morgan fingerprint density at radius 2 is 1.68 bits per heavy atom. The van der Waals surface area contributed by atoms with E-state index >= 15 is 0 Å². The second-order valence-electron chi connectivity index (χ2n) is 8.51. The summed E-state index contributed by atoms with van der Waals surface area (Å²) in [4.78, 5) is 50.7. The average molecular weight is 553 g/mol. The normalized spacial score (nSPS) is 18.8. The molecule has 1 saturated heterocycles. The molecule has 1 aliphatic heterocycles. The first kappa shape index (κ1) is 30.3. The Kier molecular flexibility index (Phi) is 8.96. The molecule has 1 heterocycles. The average Bonchev–Trinajstić information content (AvgIpc) is 3.28. The summed E-state index contributed by atoms with van der Waals surface area (Å²) in [7, 11) is 0.975. The Labute approximate surface area is 211 Å². The van der Waals surface area contributed by atoms with E-state index in [4.69, 9.17) is 0 Å². The quantitative estimate of drug-likeness (QED) is 0.478. The Morgan fingerprint density at radius 1 is 1.11 bits per heavy atom. The molecule has 1 aromatic carbocycles. The first-order valence-corrected chi connectivity index (χ1v) is 10.9. The van der Waals surface area contributed by atoms with Crippen LogP contribution in [0.4, 0.5) is 36.4 Å². The highest BCUT2D eigenvalue weighted by molar-refractivity contribution is 5.95. The predicted molar refractivity (Wildman–Crippen MR) is 115 cm³/mol. The van der Waals surface area contributed by atoms with Crippen molar-refractivity contribution in [1.29, 1.82) is 5.26 Å². The molecule has 0 bridgehead atoms. The topological polar surface area (TPSA) is 123 Å². The van der Waals surface area contributed by atoms with E-state index in [2.05, 4.69) is 5.32 Å². The molecule has 4 amide bonds. The van der Waals surface area contributed by atoms with Crippen molar-refractivity contribution < 1.29 is 49.9 Å². The molecule has 3 atom stereocenters. The summed E-state index contributed by atoms with van der Waals surface area (Å²) in [5.74, 6) is -19.3. The van der Waals surface area contributed by atoms with Crippen LogP contribution in [0.5, 0.6) is 0 Å². The van der Waals surface area contributed by atoms with Gasteiger partial charge in [-0.1, -0.05) is 18.2 Å². The van der Waals surface area contributed by atoms with E-state index in [-0.39, 0.29) is 13.0 Å². The number of hydrogen-bond donors (Lipinski definition) is 2. The monoisotopic (exact) mass is 553 g/mol. The van der Waals surface area contributed by atoms with Crippen molar-refractivity contribution in [3.05, 3.63) is 30.3 Å². The molecule has 38 heavy (non-hydrogen) atoms. The van der Waals surface area contributed by atoms with Crippen LogP contribution in [0, 0.1) is 17.2 Å². The summed E-state index contributed by atoms with van der Waals surface area (Å²) in [6.07, 6.45) is -6.76. The van der Waals surface area contributed by atoms with E-state index in [0.29, 0.717) is 10.6 Å². The van der Waals surface area contributed by atoms with E-state index < -0.39 is 66.2 Å². The van der Waals surface area contributed by atoms with Gasteiger partial charge in [-0.3, -0.25) is 19.2 Å². The number of hydrogen-bond acceptors (Lipinski definition) is 5. The Morgan fingerprint density at radius 3 is 2.21 bits per heavy atom. The van der Waals surface area contributed by atoms with Crippen molar-refractivity contribution in [2.45, 2.75) is 43.4 Å². The predicted octanol–water partition coefficient (Wildman–Crippen LogP) is 2.16. The van der Waals surface area contributed by atoms with Gasteiger partial charge in [0.2, 0.25) is 17.7 Å². The zero-order valence-electron chi connectivity index (χ0n) is 19.9. The number of amides is 4. The lowest BCUT2D eigenvalue weighted by Gasteiger charge is -2.29. The van der Waals surface area contributed by atoms with Crippen LogP contribution in [0.2, 0.25) is 0 Å². The highest BCUT2D eigenvalue weighted by atomic mass is 19.4. The van der Waals surface area contributed by atoms with Gasteiger partial charge < -0.3 is 20.4 Å². The largest absolute Gasteiger partial charge is 0.460 e.